The molecular weight excluding hydrogens is 322 g/mol. The van der Waals surface area contributed by atoms with Gasteiger partial charge in [-0.2, -0.15) is 0 Å². The summed E-state index contributed by atoms with van der Waals surface area (Å²) in [5.41, 5.74) is -0.952. The fourth-order valence-corrected chi connectivity index (χ4v) is 3.28. The molecule has 1 aliphatic rings. The van der Waals surface area contributed by atoms with E-state index in [1.54, 1.807) is 13.0 Å². The number of carbonyl (C=O) groups excluding carboxylic acids is 2. The molecule has 2 atom stereocenters. The molecule has 1 aliphatic heterocycles. The standard InChI is InChI=1S/C18H33NO4Si/c1-10-18(7,12-23-24(8,9)17(4,5)6)15(20)19-14(13(2)3)11-22-16(19)21/h10,13-14H,1,11-12H2,2-9H3/t14-,18+/m0/s1. The molecule has 1 fully saturated rings. The van der Waals surface area contributed by atoms with Crippen molar-refractivity contribution in [1.29, 1.82) is 0 Å². The van der Waals surface area contributed by atoms with Crippen LogP contribution in [0, 0.1) is 11.3 Å². The van der Waals surface area contributed by atoms with Crippen molar-refractivity contribution in [1.82, 2.24) is 4.90 Å². The van der Waals surface area contributed by atoms with Crippen LogP contribution in [0.3, 0.4) is 0 Å². The summed E-state index contributed by atoms with van der Waals surface area (Å²) in [6, 6.07) is -0.239. The number of nitrogens with zero attached hydrogens (tertiary/aromatic N) is 1. The van der Waals surface area contributed by atoms with E-state index in [1.165, 1.54) is 4.90 Å². The van der Waals surface area contributed by atoms with Gasteiger partial charge in [-0.25, -0.2) is 9.69 Å². The molecule has 1 saturated heterocycles. The van der Waals surface area contributed by atoms with Gasteiger partial charge in [-0.15, -0.1) is 6.58 Å². The van der Waals surface area contributed by atoms with Crippen LogP contribution < -0.4 is 0 Å². The molecule has 0 aromatic rings. The van der Waals surface area contributed by atoms with Crippen molar-refractivity contribution in [2.45, 2.75) is 65.7 Å². The molecule has 5 nitrogen and oxygen atoms in total. The van der Waals surface area contributed by atoms with E-state index in [-0.39, 0.29) is 36.1 Å². The summed E-state index contributed by atoms with van der Waals surface area (Å²) in [7, 11) is -2.01. The summed E-state index contributed by atoms with van der Waals surface area (Å²) in [6.45, 7) is 20.8. The van der Waals surface area contributed by atoms with Crippen molar-refractivity contribution in [2.75, 3.05) is 13.2 Å². The number of amides is 2. The fourth-order valence-electron chi connectivity index (χ4n) is 2.19. The zero-order valence-electron chi connectivity index (χ0n) is 16.4. The molecule has 0 saturated carbocycles. The smallest absolute Gasteiger partial charge is 0.417 e. The monoisotopic (exact) mass is 355 g/mol. The second-order valence-electron chi connectivity index (χ2n) is 8.73. The van der Waals surface area contributed by atoms with E-state index in [0.29, 0.717) is 0 Å². The van der Waals surface area contributed by atoms with E-state index in [0.717, 1.165) is 0 Å². The molecule has 0 spiro atoms. The molecule has 1 heterocycles. The quantitative estimate of drug-likeness (QED) is 0.529. The lowest BCUT2D eigenvalue weighted by atomic mass is 9.89. The second-order valence-corrected chi connectivity index (χ2v) is 13.5. The Kier molecular flexibility index (Phi) is 6.10. The van der Waals surface area contributed by atoms with E-state index in [2.05, 4.69) is 40.4 Å². The lowest BCUT2D eigenvalue weighted by Gasteiger charge is -2.39. The highest BCUT2D eigenvalue weighted by Gasteiger charge is 2.47. The lowest BCUT2D eigenvalue weighted by molar-refractivity contribution is -0.138. The maximum absolute atomic E-state index is 13.1. The van der Waals surface area contributed by atoms with Crippen LogP contribution in [0.15, 0.2) is 12.7 Å². The van der Waals surface area contributed by atoms with E-state index >= 15 is 0 Å². The lowest BCUT2D eigenvalue weighted by Crippen LogP contribution is -2.51. The minimum atomic E-state index is -2.01. The number of hydrogen-bond donors (Lipinski definition) is 0. The summed E-state index contributed by atoms with van der Waals surface area (Å²) >= 11 is 0. The first-order valence-electron chi connectivity index (χ1n) is 8.55. The third kappa shape index (κ3) is 4.09. The average Bonchev–Trinajstić information content (AvgIpc) is 2.84. The Morgan fingerprint density at radius 1 is 1.42 bits per heavy atom. The Balaban J connectivity index is 2.99. The van der Waals surface area contributed by atoms with Gasteiger partial charge in [-0.05, 0) is 31.0 Å². The predicted octanol–water partition coefficient (Wildman–Crippen LogP) is 4.20. The Hall–Kier alpha value is -1.14. The summed E-state index contributed by atoms with van der Waals surface area (Å²) in [5, 5.41) is 0.0468. The van der Waals surface area contributed by atoms with Gasteiger partial charge in [0.1, 0.15) is 6.61 Å². The van der Waals surface area contributed by atoms with Gasteiger partial charge < -0.3 is 9.16 Å². The number of ether oxygens (including phenoxy) is 1. The number of imide groups is 1. The summed E-state index contributed by atoms with van der Waals surface area (Å²) in [5.74, 6) is -0.159. The van der Waals surface area contributed by atoms with Crippen LogP contribution in [-0.2, 0) is 14.0 Å². The number of hydrogen-bond acceptors (Lipinski definition) is 4. The Morgan fingerprint density at radius 2 is 1.96 bits per heavy atom. The van der Waals surface area contributed by atoms with Gasteiger partial charge in [0, 0.05) is 0 Å². The van der Waals surface area contributed by atoms with Gasteiger partial charge in [0.25, 0.3) is 0 Å². The molecule has 24 heavy (non-hydrogen) atoms. The minimum absolute atomic E-state index is 0.0468. The molecule has 0 aliphatic carbocycles. The topological polar surface area (TPSA) is 55.8 Å². The normalized spacial score (nSPS) is 21.6. The third-order valence-corrected chi connectivity index (χ3v) is 9.85. The van der Waals surface area contributed by atoms with Gasteiger partial charge in [0.2, 0.25) is 5.91 Å². The van der Waals surface area contributed by atoms with Crippen LogP contribution in [0.4, 0.5) is 4.79 Å². The molecule has 0 radical (unpaired) electrons. The molecule has 0 bridgehead atoms. The van der Waals surface area contributed by atoms with E-state index in [9.17, 15) is 9.59 Å². The van der Waals surface area contributed by atoms with Crippen molar-refractivity contribution in [3.05, 3.63) is 12.7 Å². The van der Waals surface area contributed by atoms with E-state index in [1.807, 2.05) is 13.8 Å². The van der Waals surface area contributed by atoms with E-state index in [4.69, 9.17) is 9.16 Å². The van der Waals surface area contributed by atoms with Gasteiger partial charge in [-0.3, -0.25) is 4.79 Å². The van der Waals surface area contributed by atoms with Crippen LogP contribution in [0.2, 0.25) is 18.1 Å². The second kappa shape index (κ2) is 7.00. The fraction of sp³-hybridized carbons (Fsp3) is 0.778. The minimum Gasteiger partial charge on any atom is -0.447 e. The number of rotatable bonds is 6. The number of carbonyl (C=O) groups is 2. The first-order valence-corrected chi connectivity index (χ1v) is 11.5. The average molecular weight is 356 g/mol. The summed E-state index contributed by atoms with van der Waals surface area (Å²) < 4.78 is 11.3. The summed E-state index contributed by atoms with van der Waals surface area (Å²) in [4.78, 5) is 26.4. The van der Waals surface area contributed by atoms with Crippen LogP contribution in [-0.4, -0.2) is 44.5 Å². The molecule has 0 unspecified atom stereocenters. The van der Waals surface area contributed by atoms with Crippen molar-refractivity contribution in [3.8, 4) is 0 Å². The summed E-state index contributed by atoms with van der Waals surface area (Å²) in [6.07, 6.45) is 1.02. The van der Waals surface area contributed by atoms with E-state index < -0.39 is 19.8 Å². The van der Waals surface area contributed by atoms with Crippen LogP contribution >= 0.6 is 0 Å². The van der Waals surface area contributed by atoms with Crippen LogP contribution in [0.25, 0.3) is 0 Å². The first-order chi connectivity index (χ1) is 10.8. The van der Waals surface area contributed by atoms with Crippen molar-refractivity contribution < 1.29 is 18.8 Å². The predicted molar refractivity (Wildman–Crippen MR) is 98.3 cm³/mol. The van der Waals surface area contributed by atoms with Crippen LogP contribution in [0.5, 0.6) is 0 Å². The molecule has 0 aromatic heterocycles. The first kappa shape index (κ1) is 20.9. The molecule has 6 heteroatoms. The highest BCUT2D eigenvalue weighted by Crippen LogP contribution is 2.38. The Labute approximate surface area is 147 Å². The van der Waals surface area contributed by atoms with Crippen molar-refractivity contribution in [2.24, 2.45) is 11.3 Å². The molecule has 2 amide bonds. The number of cyclic esters (lactones) is 1. The Bertz CT molecular complexity index is 510. The van der Waals surface area contributed by atoms with Gasteiger partial charge >= 0.3 is 6.09 Å². The van der Waals surface area contributed by atoms with Gasteiger partial charge in [0.05, 0.1) is 18.1 Å². The van der Waals surface area contributed by atoms with Crippen molar-refractivity contribution in [3.63, 3.8) is 0 Å². The SMILES string of the molecule is C=C[C@](C)(CO[Si](C)(C)C(C)(C)C)C(=O)N1C(=O)OC[C@H]1C(C)C. The molecule has 1 rings (SSSR count). The zero-order valence-corrected chi connectivity index (χ0v) is 17.4. The third-order valence-electron chi connectivity index (χ3n) is 5.37. The van der Waals surface area contributed by atoms with Gasteiger partial charge in [0.15, 0.2) is 8.32 Å². The molecule has 0 aromatic carbocycles. The maximum Gasteiger partial charge on any atom is 0.417 e. The Morgan fingerprint density at radius 3 is 2.38 bits per heavy atom. The van der Waals surface area contributed by atoms with Crippen LogP contribution in [0.1, 0.15) is 41.5 Å². The molecular formula is C18H33NO4Si. The molecule has 138 valence electrons. The van der Waals surface area contributed by atoms with Crippen molar-refractivity contribution >= 4 is 20.3 Å². The highest BCUT2D eigenvalue weighted by molar-refractivity contribution is 6.74. The highest BCUT2D eigenvalue weighted by atomic mass is 28.4. The largest absolute Gasteiger partial charge is 0.447 e. The van der Waals surface area contributed by atoms with Gasteiger partial charge in [-0.1, -0.05) is 40.7 Å². The maximum atomic E-state index is 13.1. The molecule has 0 N–H and O–H groups in total. The zero-order chi connectivity index (χ0) is 18.9.